The molecular formula is C11H19N3O2S. The van der Waals surface area contributed by atoms with Crippen LogP contribution in [0.1, 0.15) is 19.0 Å². The van der Waals surface area contributed by atoms with Crippen LogP contribution in [0.5, 0.6) is 0 Å². The van der Waals surface area contributed by atoms with Gasteiger partial charge in [-0.05, 0) is 19.9 Å². The van der Waals surface area contributed by atoms with Gasteiger partial charge in [-0.2, -0.15) is 0 Å². The predicted molar refractivity (Wildman–Crippen MR) is 69.3 cm³/mol. The summed E-state index contributed by atoms with van der Waals surface area (Å²) >= 11 is 1.42. The van der Waals surface area contributed by atoms with Crippen LogP contribution in [0.4, 0.5) is 5.13 Å². The topological polar surface area (TPSA) is 65.5 Å². The Balaban J connectivity index is 2.41. The van der Waals surface area contributed by atoms with E-state index in [2.05, 4.69) is 10.3 Å². The largest absolute Gasteiger partial charge is 0.395 e. The molecule has 5 nitrogen and oxygen atoms in total. The summed E-state index contributed by atoms with van der Waals surface area (Å²) in [6.07, 6.45) is 0.962. The van der Waals surface area contributed by atoms with E-state index in [1.54, 1.807) is 0 Å². The number of aryl methyl sites for hydroxylation is 1. The maximum absolute atomic E-state index is 11.7. The van der Waals surface area contributed by atoms with Crippen molar-refractivity contribution in [2.24, 2.45) is 0 Å². The molecule has 1 aromatic rings. The highest BCUT2D eigenvalue weighted by atomic mass is 32.1. The van der Waals surface area contributed by atoms with E-state index >= 15 is 0 Å². The minimum absolute atomic E-state index is 0.0731. The SMILES string of the molecule is CCCN(CCO)CC(=O)Nc1nc(C)cs1. The molecule has 0 aromatic carbocycles. The maximum atomic E-state index is 11.7. The molecule has 6 heteroatoms. The first-order chi connectivity index (χ1) is 8.15. The fourth-order valence-corrected chi connectivity index (χ4v) is 2.21. The maximum Gasteiger partial charge on any atom is 0.240 e. The number of carbonyl (C=O) groups excluding carboxylic acids is 1. The Hall–Kier alpha value is -0.980. The second-order valence-corrected chi connectivity index (χ2v) is 4.70. The molecule has 2 N–H and O–H groups in total. The van der Waals surface area contributed by atoms with Crippen LogP contribution in [0.3, 0.4) is 0 Å². The van der Waals surface area contributed by atoms with E-state index in [-0.39, 0.29) is 12.5 Å². The van der Waals surface area contributed by atoms with Crippen molar-refractivity contribution in [3.63, 3.8) is 0 Å². The number of anilines is 1. The number of nitrogens with zero attached hydrogens (tertiary/aromatic N) is 2. The molecule has 0 unspecified atom stereocenters. The molecule has 1 heterocycles. The molecule has 96 valence electrons. The monoisotopic (exact) mass is 257 g/mol. The van der Waals surface area contributed by atoms with E-state index in [9.17, 15) is 4.79 Å². The van der Waals surface area contributed by atoms with Crippen LogP contribution in [0, 0.1) is 6.92 Å². The smallest absolute Gasteiger partial charge is 0.240 e. The highest BCUT2D eigenvalue weighted by Gasteiger charge is 2.10. The van der Waals surface area contributed by atoms with Gasteiger partial charge in [0.1, 0.15) is 0 Å². The highest BCUT2D eigenvalue weighted by molar-refractivity contribution is 7.13. The number of aliphatic hydroxyl groups excluding tert-OH is 1. The Labute approximate surface area is 105 Å². The van der Waals surface area contributed by atoms with Crippen LogP contribution in [-0.4, -0.2) is 47.1 Å². The summed E-state index contributed by atoms with van der Waals surface area (Å²) < 4.78 is 0. The van der Waals surface area contributed by atoms with Crippen molar-refractivity contribution in [3.8, 4) is 0 Å². The lowest BCUT2D eigenvalue weighted by molar-refractivity contribution is -0.117. The van der Waals surface area contributed by atoms with Gasteiger partial charge in [-0.3, -0.25) is 9.69 Å². The van der Waals surface area contributed by atoms with Crippen molar-refractivity contribution in [2.45, 2.75) is 20.3 Å². The van der Waals surface area contributed by atoms with Gasteiger partial charge in [-0.25, -0.2) is 4.98 Å². The van der Waals surface area contributed by atoms with Gasteiger partial charge in [0.05, 0.1) is 18.8 Å². The Morgan fingerprint density at radius 1 is 1.59 bits per heavy atom. The van der Waals surface area contributed by atoms with Crippen molar-refractivity contribution in [1.29, 1.82) is 0 Å². The Bertz CT molecular complexity index is 348. The molecule has 0 saturated heterocycles. The molecule has 0 bridgehead atoms. The lowest BCUT2D eigenvalue weighted by atomic mass is 10.4. The second-order valence-electron chi connectivity index (χ2n) is 3.84. The van der Waals surface area contributed by atoms with Crippen molar-refractivity contribution in [2.75, 3.05) is 31.6 Å². The Morgan fingerprint density at radius 3 is 2.88 bits per heavy atom. The Kier molecular flexibility index (Phi) is 6.10. The fourth-order valence-electron chi connectivity index (χ4n) is 1.50. The molecule has 0 aliphatic heterocycles. The summed E-state index contributed by atoms with van der Waals surface area (Å²) in [5.74, 6) is -0.0822. The summed E-state index contributed by atoms with van der Waals surface area (Å²) in [4.78, 5) is 17.8. The summed E-state index contributed by atoms with van der Waals surface area (Å²) in [6.45, 7) is 5.65. The van der Waals surface area contributed by atoms with Gasteiger partial charge in [0.15, 0.2) is 5.13 Å². The van der Waals surface area contributed by atoms with Crippen molar-refractivity contribution in [3.05, 3.63) is 11.1 Å². The molecule has 1 rings (SSSR count). The third-order valence-electron chi connectivity index (χ3n) is 2.19. The second kappa shape index (κ2) is 7.37. The summed E-state index contributed by atoms with van der Waals surface area (Å²) in [7, 11) is 0. The summed E-state index contributed by atoms with van der Waals surface area (Å²) in [5.41, 5.74) is 0.908. The summed E-state index contributed by atoms with van der Waals surface area (Å²) in [6, 6.07) is 0. The van der Waals surface area contributed by atoms with Crippen LogP contribution >= 0.6 is 11.3 Å². The van der Waals surface area contributed by atoms with Gasteiger partial charge in [0, 0.05) is 11.9 Å². The molecule has 0 atom stereocenters. The first-order valence-electron chi connectivity index (χ1n) is 5.71. The number of aliphatic hydroxyl groups is 1. The number of hydrogen-bond donors (Lipinski definition) is 2. The molecule has 0 aliphatic carbocycles. The minimum atomic E-state index is -0.0822. The van der Waals surface area contributed by atoms with E-state index < -0.39 is 0 Å². The molecule has 0 spiro atoms. The zero-order chi connectivity index (χ0) is 12.7. The molecule has 0 fully saturated rings. The molecule has 1 aromatic heterocycles. The number of aromatic nitrogens is 1. The zero-order valence-corrected chi connectivity index (χ0v) is 11.1. The fraction of sp³-hybridized carbons (Fsp3) is 0.636. The third-order valence-corrected chi connectivity index (χ3v) is 3.06. The molecule has 17 heavy (non-hydrogen) atoms. The van der Waals surface area contributed by atoms with Gasteiger partial charge < -0.3 is 10.4 Å². The predicted octanol–water partition coefficient (Wildman–Crippen LogP) is 1.09. The molecule has 0 aliphatic rings. The summed E-state index contributed by atoms with van der Waals surface area (Å²) in [5, 5.41) is 14.2. The van der Waals surface area contributed by atoms with E-state index in [4.69, 9.17) is 5.11 Å². The van der Waals surface area contributed by atoms with Crippen LogP contribution in [0.25, 0.3) is 0 Å². The van der Waals surface area contributed by atoms with Gasteiger partial charge in [-0.15, -0.1) is 11.3 Å². The number of rotatable bonds is 7. The number of thiazole rings is 1. The van der Waals surface area contributed by atoms with Crippen LogP contribution < -0.4 is 5.32 Å². The Morgan fingerprint density at radius 2 is 2.35 bits per heavy atom. The van der Waals surface area contributed by atoms with Crippen LogP contribution in [0.15, 0.2) is 5.38 Å². The quantitative estimate of drug-likeness (QED) is 0.767. The molecule has 1 amide bonds. The van der Waals surface area contributed by atoms with Crippen molar-refractivity contribution < 1.29 is 9.90 Å². The first-order valence-corrected chi connectivity index (χ1v) is 6.59. The van der Waals surface area contributed by atoms with Crippen LogP contribution in [-0.2, 0) is 4.79 Å². The van der Waals surface area contributed by atoms with Crippen molar-refractivity contribution >= 4 is 22.4 Å². The van der Waals surface area contributed by atoms with E-state index in [1.807, 2.05) is 24.1 Å². The lowest BCUT2D eigenvalue weighted by Crippen LogP contribution is -2.35. The molecule has 0 radical (unpaired) electrons. The van der Waals surface area contributed by atoms with E-state index in [0.717, 1.165) is 18.7 Å². The first kappa shape index (κ1) is 14.1. The number of hydrogen-bond acceptors (Lipinski definition) is 5. The van der Waals surface area contributed by atoms with Gasteiger partial charge in [0.2, 0.25) is 5.91 Å². The standard InChI is InChI=1S/C11H19N3O2S/c1-3-4-14(5-6-15)7-10(16)13-11-12-9(2)8-17-11/h8,15H,3-7H2,1-2H3,(H,12,13,16). The van der Waals surface area contributed by atoms with Gasteiger partial charge in [-0.1, -0.05) is 6.92 Å². The van der Waals surface area contributed by atoms with Crippen LogP contribution in [0.2, 0.25) is 0 Å². The average Bonchev–Trinajstić information content (AvgIpc) is 2.64. The van der Waals surface area contributed by atoms with E-state index in [0.29, 0.717) is 18.2 Å². The van der Waals surface area contributed by atoms with Crippen molar-refractivity contribution in [1.82, 2.24) is 9.88 Å². The number of nitrogens with one attached hydrogen (secondary N) is 1. The third kappa shape index (κ3) is 5.25. The highest BCUT2D eigenvalue weighted by Crippen LogP contribution is 2.14. The lowest BCUT2D eigenvalue weighted by Gasteiger charge is -2.19. The van der Waals surface area contributed by atoms with Gasteiger partial charge in [0.25, 0.3) is 0 Å². The number of amides is 1. The molecule has 0 saturated carbocycles. The van der Waals surface area contributed by atoms with Gasteiger partial charge >= 0.3 is 0 Å². The van der Waals surface area contributed by atoms with E-state index in [1.165, 1.54) is 11.3 Å². The minimum Gasteiger partial charge on any atom is -0.395 e. The normalized spacial score (nSPS) is 10.8. The zero-order valence-electron chi connectivity index (χ0n) is 10.3. The molecular weight excluding hydrogens is 238 g/mol. The number of carbonyl (C=O) groups is 1. The average molecular weight is 257 g/mol.